The van der Waals surface area contributed by atoms with E-state index in [0.29, 0.717) is 18.8 Å². The minimum Gasteiger partial charge on any atom is -0.324 e. The highest BCUT2D eigenvalue weighted by atomic mass is 32.2. The second kappa shape index (κ2) is 9.82. The summed E-state index contributed by atoms with van der Waals surface area (Å²) < 4.78 is 40.8. The van der Waals surface area contributed by atoms with Gasteiger partial charge >= 0.3 is 0 Å². The number of carbonyl (C=O) groups excluding carboxylic acids is 1. The Kier molecular flexibility index (Phi) is 6.88. The lowest BCUT2D eigenvalue weighted by atomic mass is 10.0. The van der Waals surface area contributed by atoms with Crippen LogP contribution in [-0.4, -0.2) is 49.7 Å². The van der Waals surface area contributed by atoms with E-state index in [1.54, 1.807) is 0 Å². The van der Waals surface area contributed by atoms with Gasteiger partial charge in [0.2, 0.25) is 15.9 Å². The van der Waals surface area contributed by atoms with Gasteiger partial charge in [0.25, 0.3) is 0 Å². The van der Waals surface area contributed by atoms with Crippen LogP contribution in [0.15, 0.2) is 83.8 Å². The van der Waals surface area contributed by atoms with Crippen molar-refractivity contribution in [1.82, 2.24) is 9.21 Å². The minimum absolute atomic E-state index is 0.0623. The maximum atomic E-state index is 13.6. The molecule has 1 aliphatic rings. The highest BCUT2D eigenvalue weighted by Gasteiger charge is 2.34. The number of anilines is 1. The molecule has 0 saturated carbocycles. The predicted molar refractivity (Wildman–Crippen MR) is 126 cm³/mol. The van der Waals surface area contributed by atoms with Crippen LogP contribution >= 0.6 is 0 Å². The minimum atomic E-state index is -3.81. The van der Waals surface area contributed by atoms with Gasteiger partial charge in [-0.05, 0) is 42.8 Å². The molecule has 1 N–H and O–H groups in total. The molecule has 1 saturated heterocycles. The van der Waals surface area contributed by atoms with E-state index in [-0.39, 0.29) is 23.9 Å². The normalized spacial score (nSPS) is 16.3. The Morgan fingerprint density at radius 1 is 0.909 bits per heavy atom. The van der Waals surface area contributed by atoms with Crippen molar-refractivity contribution in [2.24, 2.45) is 0 Å². The molecule has 0 aromatic heterocycles. The first-order chi connectivity index (χ1) is 15.8. The van der Waals surface area contributed by atoms with Gasteiger partial charge in [0.15, 0.2) is 0 Å². The van der Waals surface area contributed by atoms with Crippen molar-refractivity contribution in [3.8, 4) is 0 Å². The first-order valence-electron chi connectivity index (χ1n) is 10.8. The summed E-state index contributed by atoms with van der Waals surface area (Å²) in [6, 6.07) is 21.5. The summed E-state index contributed by atoms with van der Waals surface area (Å²) in [5.41, 5.74) is 2.64. The molecule has 0 radical (unpaired) electrons. The molecule has 0 spiro atoms. The number of nitrogens with zero attached hydrogens (tertiary/aromatic N) is 2. The Balaban J connectivity index is 1.52. The van der Waals surface area contributed by atoms with Crippen LogP contribution in [0.1, 0.15) is 17.2 Å². The van der Waals surface area contributed by atoms with Crippen LogP contribution < -0.4 is 5.32 Å². The van der Waals surface area contributed by atoms with E-state index >= 15 is 0 Å². The van der Waals surface area contributed by atoms with Crippen molar-refractivity contribution in [3.05, 3.63) is 95.8 Å². The zero-order chi connectivity index (χ0) is 23.4. The number of amides is 1. The van der Waals surface area contributed by atoms with Crippen molar-refractivity contribution in [3.63, 3.8) is 0 Å². The molecular weight excluding hydrogens is 441 g/mol. The lowest BCUT2D eigenvalue weighted by Gasteiger charge is -2.38. The second-order valence-corrected chi connectivity index (χ2v) is 10.0. The van der Waals surface area contributed by atoms with Crippen molar-refractivity contribution in [2.45, 2.75) is 17.9 Å². The van der Waals surface area contributed by atoms with Crippen molar-refractivity contribution in [2.75, 3.05) is 31.5 Å². The average molecular weight is 468 g/mol. The molecule has 1 fully saturated rings. The van der Waals surface area contributed by atoms with E-state index in [2.05, 4.69) is 5.32 Å². The fourth-order valence-corrected chi connectivity index (χ4v) is 5.44. The van der Waals surface area contributed by atoms with E-state index in [0.717, 1.165) is 17.2 Å². The summed E-state index contributed by atoms with van der Waals surface area (Å²) in [4.78, 5) is 15.2. The molecule has 1 aliphatic heterocycles. The molecule has 3 aromatic carbocycles. The maximum Gasteiger partial charge on any atom is 0.246 e. The smallest absolute Gasteiger partial charge is 0.246 e. The molecular formula is C25H26FN3O3S. The quantitative estimate of drug-likeness (QED) is 0.598. The van der Waals surface area contributed by atoms with Gasteiger partial charge in [-0.25, -0.2) is 12.8 Å². The van der Waals surface area contributed by atoms with Crippen LogP contribution in [0.5, 0.6) is 0 Å². The van der Waals surface area contributed by atoms with E-state index in [1.165, 1.54) is 22.5 Å². The molecule has 0 unspecified atom stereocenters. The number of rotatable bonds is 6. The largest absolute Gasteiger partial charge is 0.324 e. The Morgan fingerprint density at radius 3 is 2.21 bits per heavy atom. The van der Waals surface area contributed by atoms with Crippen molar-refractivity contribution >= 4 is 21.6 Å². The third-order valence-corrected chi connectivity index (χ3v) is 7.65. The zero-order valence-corrected chi connectivity index (χ0v) is 19.1. The molecule has 4 rings (SSSR count). The van der Waals surface area contributed by atoms with Gasteiger partial charge in [-0.15, -0.1) is 0 Å². The summed E-state index contributed by atoms with van der Waals surface area (Å²) in [5, 5.41) is 2.98. The van der Waals surface area contributed by atoms with Gasteiger partial charge < -0.3 is 5.32 Å². The lowest BCUT2D eigenvalue weighted by Crippen LogP contribution is -2.51. The highest BCUT2D eigenvalue weighted by molar-refractivity contribution is 7.89. The Hall–Kier alpha value is -3.07. The number of halogens is 1. The second-order valence-electron chi connectivity index (χ2n) is 8.07. The van der Waals surface area contributed by atoms with E-state index < -0.39 is 21.9 Å². The number of hydrogen-bond donors (Lipinski definition) is 1. The standard InChI is InChI=1S/C25H26FN3O3S/c1-19-10-12-22(13-11-19)27-25(30)24(20-6-3-2-4-7-20)28-14-16-29(17-15-28)33(31,32)23-9-5-8-21(26)18-23/h2-13,18,24H,14-17H2,1H3,(H,27,30)/t24-/m0/s1. The topological polar surface area (TPSA) is 69.7 Å². The summed E-state index contributed by atoms with van der Waals surface area (Å²) in [6.45, 7) is 3.14. The Bertz CT molecular complexity index is 1210. The van der Waals surface area contributed by atoms with Crippen LogP contribution in [0.3, 0.4) is 0 Å². The average Bonchev–Trinajstić information content (AvgIpc) is 2.82. The fourth-order valence-electron chi connectivity index (χ4n) is 3.99. The summed E-state index contributed by atoms with van der Waals surface area (Å²) >= 11 is 0. The Morgan fingerprint density at radius 2 is 1.58 bits per heavy atom. The molecule has 33 heavy (non-hydrogen) atoms. The van der Waals surface area contributed by atoms with E-state index in [4.69, 9.17) is 0 Å². The van der Waals surface area contributed by atoms with Crippen LogP contribution in [0.4, 0.5) is 10.1 Å². The molecule has 172 valence electrons. The molecule has 0 aliphatic carbocycles. The number of aryl methyl sites for hydroxylation is 1. The monoisotopic (exact) mass is 467 g/mol. The molecule has 8 heteroatoms. The molecule has 1 atom stereocenters. The number of hydrogen-bond acceptors (Lipinski definition) is 4. The number of sulfonamides is 1. The van der Waals surface area contributed by atoms with E-state index in [1.807, 2.05) is 66.4 Å². The molecule has 0 bridgehead atoms. The molecule has 6 nitrogen and oxygen atoms in total. The third kappa shape index (κ3) is 5.30. The van der Waals surface area contributed by atoms with Crippen molar-refractivity contribution in [1.29, 1.82) is 0 Å². The van der Waals surface area contributed by atoms with Gasteiger partial charge in [0.05, 0.1) is 4.90 Å². The zero-order valence-electron chi connectivity index (χ0n) is 18.3. The number of piperazine rings is 1. The summed E-state index contributed by atoms with van der Waals surface area (Å²) in [6.07, 6.45) is 0. The lowest BCUT2D eigenvalue weighted by molar-refractivity contribution is -0.122. The van der Waals surface area contributed by atoms with Crippen LogP contribution in [0.2, 0.25) is 0 Å². The summed E-state index contributed by atoms with van der Waals surface area (Å²) in [5.74, 6) is -0.766. The number of carbonyl (C=O) groups is 1. The van der Waals surface area contributed by atoms with Crippen molar-refractivity contribution < 1.29 is 17.6 Å². The number of benzene rings is 3. The van der Waals surface area contributed by atoms with Gasteiger partial charge in [0.1, 0.15) is 11.9 Å². The van der Waals surface area contributed by atoms with Crippen LogP contribution in [0.25, 0.3) is 0 Å². The van der Waals surface area contributed by atoms with Crippen LogP contribution in [0, 0.1) is 12.7 Å². The Labute approximate surface area is 193 Å². The van der Waals surface area contributed by atoms with Gasteiger partial charge in [-0.3, -0.25) is 9.69 Å². The molecule has 1 heterocycles. The van der Waals surface area contributed by atoms with Gasteiger partial charge in [-0.2, -0.15) is 4.31 Å². The molecule has 1 amide bonds. The van der Waals surface area contributed by atoms with E-state index in [9.17, 15) is 17.6 Å². The predicted octanol–water partition coefficient (Wildman–Crippen LogP) is 3.82. The molecule has 3 aromatic rings. The first-order valence-corrected chi connectivity index (χ1v) is 12.2. The fraction of sp³-hybridized carbons (Fsp3) is 0.240. The third-order valence-electron chi connectivity index (χ3n) is 5.75. The van der Waals surface area contributed by atoms with Gasteiger partial charge in [0, 0.05) is 31.9 Å². The SMILES string of the molecule is Cc1ccc(NC(=O)[C@H](c2ccccc2)N2CCN(S(=O)(=O)c3cccc(F)c3)CC2)cc1. The summed E-state index contributed by atoms with van der Waals surface area (Å²) in [7, 11) is -3.81. The maximum absolute atomic E-state index is 13.6. The van der Waals surface area contributed by atoms with Gasteiger partial charge in [-0.1, -0.05) is 54.1 Å². The number of nitrogens with one attached hydrogen (secondary N) is 1. The highest BCUT2D eigenvalue weighted by Crippen LogP contribution is 2.26. The van der Waals surface area contributed by atoms with Crippen LogP contribution in [-0.2, 0) is 14.8 Å². The first kappa shape index (κ1) is 23.1.